The number of carboxylic acid groups (broad SMARTS) is 1. The molecule has 1 heterocycles. The lowest BCUT2D eigenvalue weighted by atomic mass is 10.1. The topological polar surface area (TPSA) is 80.7 Å². The van der Waals surface area contributed by atoms with Crippen LogP contribution in [0.4, 0.5) is 0 Å². The van der Waals surface area contributed by atoms with Gasteiger partial charge in [-0.15, -0.1) is 0 Å². The van der Waals surface area contributed by atoms with Gasteiger partial charge in [0.25, 0.3) is 0 Å². The van der Waals surface area contributed by atoms with Crippen molar-refractivity contribution in [2.45, 2.75) is 11.8 Å². The third-order valence-corrected chi connectivity index (χ3v) is 4.24. The first-order valence-corrected chi connectivity index (χ1v) is 6.92. The Kier molecular flexibility index (Phi) is 3.23. The highest BCUT2D eigenvalue weighted by atomic mass is 32.2. The maximum Gasteiger partial charge on any atom is 0.337 e. The number of hydrogen-bond donors (Lipinski definition) is 1. The zero-order valence-corrected chi connectivity index (χ0v) is 10.5. The van der Waals surface area contributed by atoms with Crippen molar-refractivity contribution in [3.8, 4) is 0 Å². The molecule has 0 amide bonds. The van der Waals surface area contributed by atoms with E-state index in [1.54, 1.807) is 13.0 Å². The molecule has 0 bridgehead atoms. The summed E-state index contributed by atoms with van der Waals surface area (Å²) < 4.78 is 29.1. The summed E-state index contributed by atoms with van der Waals surface area (Å²) in [5, 5.41) is 10.1. The number of benzene rings is 1. The van der Waals surface area contributed by atoms with E-state index in [0.717, 1.165) is 5.41 Å². The van der Waals surface area contributed by atoms with Gasteiger partial charge in [0.2, 0.25) is 9.84 Å². The fourth-order valence-corrected chi connectivity index (χ4v) is 3.55. The monoisotopic (exact) mass is 268 g/mol. The first-order chi connectivity index (χ1) is 8.47. The van der Waals surface area contributed by atoms with Crippen LogP contribution in [0.1, 0.15) is 22.8 Å². The van der Waals surface area contributed by atoms with E-state index < -0.39 is 15.8 Å². The highest BCUT2D eigenvalue weighted by molar-refractivity contribution is 7.95. The zero-order chi connectivity index (χ0) is 13.3. The van der Waals surface area contributed by atoms with E-state index in [0.29, 0.717) is 17.7 Å². The molecule has 5 nitrogen and oxygen atoms in total. The molecule has 0 saturated heterocycles. The molecular formula is C12H12O5S. The summed E-state index contributed by atoms with van der Waals surface area (Å²) in [7, 11) is -3.68. The molecule has 0 radical (unpaired) electrons. The van der Waals surface area contributed by atoms with Crippen LogP contribution >= 0.6 is 0 Å². The molecule has 18 heavy (non-hydrogen) atoms. The second kappa shape index (κ2) is 4.55. The Bertz CT molecular complexity index is 628. The number of ether oxygens (including phenoxy) is 1. The Morgan fingerprint density at radius 2 is 2.11 bits per heavy atom. The Labute approximate surface area is 105 Å². The quantitative estimate of drug-likeness (QED) is 0.896. The van der Waals surface area contributed by atoms with Crippen LogP contribution in [0.25, 0.3) is 5.57 Å². The number of fused-ring (bicyclic) bond motifs is 1. The summed E-state index contributed by atoms with van der Waals surface area (Å²) >= 11 is 0. The largest absolute Gasteiger partial charge is 0.478 e. The minimum Gasteiger partial charge on any atom is -0.478 e. The van der Waals surface area contributed by atoms with Gasteiger partial charge in [0.05, 0.1) is 17.1 Å². The summed E-state index contributed by atoms with van der Waals surface area (Å²) in [5.41, 5.74) is 0.716. The van der Waals surface area contributed by atoms with E-state index in [9.17, 15) is 13.2 Å². The average molecular weight is 268 g/mol. The van der Waals surface area contributed by atoms with Crippen LogP contribution in [0.5, 0.6) is 0 Å². The van der Waals surface area contributed by atoms with Crippen molar-refractivity contribution in [3.05, 3.63) is 34.7 Å². The van der Waals surface area contributed by atoms with Crippen LogP contribution in [0.3, 0.4) is 0 Å². The molecule has 1 aromatic rings. The summed E-state index contributed by atoms with van der Waals surface area (Å²) in [4.78, 5) is 10.9. The summed E-state index contributed by atoms with van der Waals surface area (Å²) in [6, 6.07) is 4.41. The van der Waals surface area contributed by atoms with E-state index in [1.807, 2.05) is 0 Å². The second-order valence-electron chi connectivity index (χ2n) is 3.81. The third-order valence-electron chi connectivity index (χ3n) is 2.64. The van der Waals surface area contributed by atoms with Gasteiger partial charge in [-0.05, 0) is 18.6 Å². The fraction of sp³-hybridized carbons (Fsp3) is 0.250. The van der Waals surface area contributed by atoms with Gasteiger partial charge < -0.3 is 9.84 Å². The summed E-state index contributed by atoms with van der Waals surface area (Å²) in [5.74, 6) is -1.25. The molecule has 0 aliphatic carbocycles. The molecule has 1 aromatic carbocycles. The molecule has 0 fully saturated rings. The molecule has 0 unspecified atom stereocenters. The van der Waals surface area contributed by atoms with Crippen LogP contribution in [-0.2, 0) is 14.6 Å². The second-order valence-corrected chi connectivity index (χ2v) is 5.55. The van der Waals surface area contributed by atoms with Crippen LogP contribution in [0.15, 0.2) is 28.5 Å². The van der Waals surface area contributed by atoms with Crippen LogP contribution in [-0.4, -0.2) is 32.7 Å². The minimum absolute atomic E-state index is 0.132. The lowest BCUT2D eigenvalue weighted by Gasteiger charge is -2.06. The number of sulfone groups is 1. The van der Waals surface area contributed by atoms with Crippen molar-refractivity contribution >= 4 is 21.4 Å². The summed E-state index contributed by atoms with van der Waals surface area (Å²) in [6.45, 7) is 2.43. The van der Waals surface area contributed by atoms with E-state index in [4.69, 9.17) is 9.84 Å². The number of hydrogen-bond acceptors (Lipinski definition) is 4. The van der Waals surface area contributed by atoms with E-state index in [2.05, 4.69) is 0 Å². The average Bonchev–Trinajstić information content (AvgIpc) is 2.58. The SMILES string of the molecule is CCOCC1=CS(=O)(=O)c2c(C(=O)O)cccc21. The number of carbonyl (C=O) groups is 1. The molecule has 1 aliphatic rings. The minimum atomic E-state index is -3.68. The standard InChI is InChI=1S/C12H12O5S/c1-2-17-6-8-7-18(15,16)11-9(8)4-3-5-10(11)12(13)14/h3-5,7H,2,6H2,1H3,(H,13,14). The van der Waals surface area contributed by atoms with Crippen LogP contribution < -0.4 is 0 Å². The van der Waals surface area contributed by atoms with Crippen molar-refractivity contribution in [3.63, 3.8) is 0 Å². The number of rotatable bonds is 4. The Morgan fingerprint density at radius 1 is 1.39 bits per heavy atom. The van der Waals surface area contributed by atoms with Gasteiger partial charge in [0.15, 0.2) is 0 Å². The fourth-order valence-electron chi connectivity index (χ4n) is 1.90. The van der Waals surface area contributed by atoms with E-state index >= 15 is 0 Å². The van der Waals surface area contributed by atoms with E-state index in [-0.39, 0.29) is 17.1 Å². The number of carboxylic acids is 1. The van der Waals surface area contributed by atoms with Gasteiger partial charge in [0.1, 0.15) is 0 Å². The molecular weight excluding hydrogens is 256 g/mol. The molecule has 1 N–H and O–H groups in total. The zero-order valence-electron chi connectivity index (χ0n) is 9.71. The van der Waals surface area contributed by atoms with E-state index in [1.165, 1.54) is 12.1 Å². The molecule has 0 spiro atoms. The van der Waals surface area contributed by atoms with Crippen molar-refractivity contribution in [1.82, 2.24) is 0 Å². The smallest absolute Gasteiger partial charge is 0.337 e. The lowest BCUT2D eigenvalue weighted by Crippen LogP contribution is -2.06. The van der Waals surface area contributed by atoms with Gasteiger partial charge in [0, 0.05) is 17.6 Å². The van der Waals surface area contributed by atoms with Crippen LogP contribution in [0.2, 0.25) is 0 Å². The first kappa shape index (κ1) is 12.8. The van der Waals surface area contributed by atoms with Crippen molar-refractivity contribution in [2.75, 3.05) is 13.2 Å². The highest BCUT2D eigenvalue weighted by Crippen LogP contribution is 2.35. The molecule has 2 rings (SSSR count). The molecule has 96 valence electrons. The summed E-state index contributed by atoms with van der Waals surface area (Å²) in [6.07, 6.45) is 0. The molecule has 0 saturated carbocycles. The van der Waals surface area contributed by atoms with Gasteiger partial charge in [-0.2, -0.15) is 0 Å². The first-order valence-electron chi connectivity index (χ1n) is 5.37. The molecule has 1 aliphatic heterocycles. The predicted molar refractivity (Wildman–Crippen MR) is 65.1 cm³/mol. The highest BCUT2D eigenvalue weighted by Gasteiger charge is 2.31. The van der Waals surface area contributed by atoms with Crippen molar-refractivity contribution in [1.29, 1.82) is 0 Å². The third kappa shape index (κ3) is 2.04. The van der Waals surface area contributed by atoms with Gasteiger partial charge in [-0.1, -0.05) is 12.1 Å². The normalized spacial score (nSPS) is 16.2. The molecule has 0 atom stereocenters. The van der Waals surface area contributed by atoms with Gasteiger partial charge >= 0.3 is 5.97 Å². The van der Waals surface area contributed by atoms with Gasteiger partial charge in [-0.3, -0.25) is 0 Å². The van der Waals surface area contributed by atoms with Crippen molar-refractivity contribution in [2.24, 2.45) is 0 Å². The number of aromatic carboxylic acids is 1. The predicted octanol–water partition coefficient (Wildman–Crippen LogP) is 1.55. The van der Waals surface area contributed by atoms with Crippen LogP contribution in [0, 0.1) is 0 Å². The van der Waals surface area contributed by atoms with Gasteiger partial charge in [-0.25, -0.2) is 13.2 Å². The Morgan fingerprint density at radius 3 is 2.72 bits per heavy atom. The maximum atomic E-state index is 12.0. The maximum absolute atomic E-state index is 12.0. The molecule has 0 aromatic heterocycles. The Balaban J connectivity index is 2.59. The lowest BCUT2D eigenvalue weighted by molar-refractivity contribution is 0.0692. The van der Waals surface area contributed by atoms with Crippen molar-refractivity contribution < 1.29 is 23.1 Å². The molecule has 6 heteroatoms. The Hall–Kier alpha value is -1.66.